The Hall–Kier alpha value is -6.23. The fraction of sp³-hybridized carbons (Fsp3) is 0.298. The zero-order chi connectivity index (χ0) is 44.2. The van der Waals surface area contributed by atoms with Gasteiger partial charge in [0, 0.05) is 42.8 Å². The lowest BCUT2D eigenvalue weighted by Crippen LogP contribution is -2.48. The fourth-order valence-corrected chi connectivity index (χ4v) is 10.3. The van der Waals surface area contributed by atoms with Crippen LogP contribution >= 0.6 is 11.8 Å². The Bertz CT molecular complexity index is 2780. The van der Waals surface area contributed by atoms with Gasteiger partial charge < -0.3 is 39.5 Å². The number of carbonyl (C=O) groups is 3. The Morgan fingerprint density at radius 2 is 1.44 bits per heavy atom. The Labute approximate surface area is 370 Å². The molecule has 3 N–H and O–H groups in total. The number of carbonyl (C=O) groups excluding carboxylic acids is 3. The molecular formula is C47H47N5O9S2. The normalized spacial score (nSPS) is 18.3. The van der Waals surface area contributed by atoms with Crippen LogP contribution in [-0.2, 0) is 41.0 Å². The van der Waals surface area contributed by atoms with Crippen LogP contribution in [0.3, 0.4) is 0 Å². The summed E-state index contributed by atoms with van der Waals surface area (Å²) in [6.45, 7) is 2.68. The van der Waals surface area contributed by atoms with Gasteiger partial charge in [0.05, 0.1) is 59.2 Å². The minimum absolute atomic E-state index is 0.00329. The van der Waals surface area contributed by atoms with Crippen molar-refractivity contribution < 1.29 is 41.6 Å². The molecule has 5 aromatic rings. The SMILES string of the molecule is COc1cc2c(cc1OCc1cc(COc3cc4c(cc3C)C(=O)N3c5ccccc5C[C@H]3CN4)cc(N(C)C(=O)CSC)c1)NC(CS(=O)(=O)O)[C@@H]1Cc3ccccc3N1C2=O. The van der Waals surface area contributed by atoms with Crippen LogP contribution in [-0.4, -0.2) is 87.3 Å². The van der Waals surface area contributed by atoms with Gasteiger partial charge in [-0.1, -0.05) is 36.4 Å². The molecule has 0 saturated heterocycles. The van der Waals surface area contributed by atoms with Crippen molar-refractivity contribution in [1.29, 1.82) is 0 Å². The first kappa shape index (κ1) is 42.1. The van der Waals surface area contributed by atoms with Crippen LogP contribution in [0, 0.1) is 6.92 Å². The highest BCUT2D eigenvalue weighted by atomic mass is 32.2. The Morgan fingerprint density at radius 1 is 0.825 bits per heavy atom. The predicted octanol–water partition coefficient (Wildman–Crippen LogP) is 6.74. The van der Waals surface area contributed by atoms with E-state index in [4.69, 9.17) is 14.2 Å². The van der Waals surface area contributed by atoms with E-state index in [1.54, 1.807) is 29.0 Å². The number of nitrogens with one attached hydrogen (secondary N) is 2. The molecule has 4 heterocycles. The van der Waals surface area contributed by atoms with E-state index in [0.29, 0.717) is 52.6 Å². The van der Waals surface area contributed by atoms with Crippen LogP contribution in [0.1, 0.15) is 48.5 Å². The first-order valence-electron chi connectivity index (χ1n) is 20.6. The lowest BCUT2D eigenvalue weighted by molar-refractivity contribution is -0.115. The Morgan fingerprint density at radius 3 is 2.13 bits per heavy atom. The molecule has 4 aliphatic heterocycles. The van der Waals surface area contributed by atoms with Crippen molar-refractivity contribution in [1.82, 2.24) is 0 Å². The van der Waals surface area contributed by atoms with Gasteiger partial charge in [-0.05, 0) is 96.3 Å². The van der Waals surface area contributed by atoms with Gasteiger partial charge in [0.25, 0.3) is 21.9 Å². The third-order valence-corrected chi connectivity index (χ3v) is 13.5. The smallest absolute Gasteiger partial charge is 0.266 e. The highest BCUT2D eigenvalue weighted by Crippen LogP contribution is 2.43. The van der Waals surface area contributed by atoms with E-state index in [1.807, 2.05) is 90.9 Å². The number of para-hydroxylation sites is 2. The predicted molar refractivity (Wildman–Crippen MR) is 245 cm³/mol. The van der Waals surface area contributed by atoms with Crippen molar-refractivity contribution in [2.75, 3.05) is 63.8 Å². The van der Waals surface area contributed by atoms with Crippen molar-refractivity contribution in [2.45, 2.75) is 51.1 Å². The summed E-state index contributed by atoms with van der Waals surface area (Å²) >= 11 is 1.43. The Kier molecular flexibility index (Phi) is 11.2. The number of aryl methyl sites for hydroxylation is 1. The molecule has 0 saturated carbocycles. The number of anilines is 5. The molecule has 0 aromatic heterocycles. The maximum atomic E-state index is 14.3. The monoisotopic (exact) mass is 889 g/mol. The third kappa shape index (κ3) is 8.14. The lowest BCUT2D eigenvalue weighted by Gasteiger charge is -2.29. The first-order chi connectivity index (χ1) is 30.3. The number of hydrogen-bond acceptors (Lipinski definition) is 11. The van der Waals surface area contributed by atoms with Gasteiger partial charge in [0.1, 0.15) is 19.0 Å². The molecule has 3 atom stereocenters. The van der Waals surface area contributed by atoms with Crippen LogP contribution < -0.4 is 39.5 Å². The number of hydrogen-bond donors (Lipinski definition) is 3. The summed E-state index contributed by atoms with van der Waals surface area (Å²) in [5.74, 6) is 0.364. The average molecular weight is 890 g/mol. The summed E-state index contributed by atoms with van der Waals surface area (Å²) in [6.07, 6.45) is 3.05. The molecular weight excluding hydrogens is 843 g/mol. The lowest BCUT2D eigenvalue weighted by atomic mass is 10.0. The molecule has 4 aliphatic rings. The van der Waals surface area contributed by atoms with Crippen molar-refractivity contribution in [3.05, 3.63) is 130 Å². The van der Waals surface area contributed by atoms with Gasteiger partial charge in [-0.3, -0.25) is 18.9 Å². The van der Waals surface area contributed by atoms with Crippen molar-refractivity contribution in [3.63, 3.8) is 0 Å². The first-order valence-corrected chi connectivity index (χ1v) is 23.6. The maximum absolute atomic E-state index is 14.3. The van der Waals surface area contributed by atoms with E-state index in [1.165, 1.54) is 18.9 Å². The Balaban J connectivity index is 0.988. The molecule has 0 spiro atoms. The van der Waals surface area contributed by atoms with Gasteiger partial charge in [0.2, 0.25) is 5.91 Å². The number of benzene rings is 5. The minimum Gasteiger partial charge on any atom is -0.493 e. The number of thioether (sulfide) groups is 1. The van der Waals surface area contributed by atoms with Crippen LogP contribution in [0.25, 0.3) is 0 Å². The van der Waals surface area contributed by atoms with E-state index < -0.39 is 28.0 Å². The summed E-state index contributed by atoms with van der Waals surface area (Å²) in [4.78, 5) is 46.4. The number of ether oxygens (including phenoxy) is 3. The van der Waals surface area contributed by atoms with Crippen LogP contribution in [0.2, 0.25) is 0 Å². The second kappa shape index (κ2) is 16.8. The summed E-state index contributed by atoms with van der Waals surface area (Å²) in [7, 11) is -1.25. The van der Waals surface area contributed by atoms with Crippen molar-refractivity contribution in [2.24, 2.45) is 0 Å². The number of fused-ring (bicyclic) bond motifs is 8. The van der Waals surface area contributed by atoms with Gasteiger partial charge in [-0.15, -0.1) is 0 Å². The molecule has 5 aromatic carbocycles. The molecule has 16 heteroatoms. The highest BCUT2D eigenvalue weighted by Gasteiger charge is 2.44. The molecule has 1 unspecified atom stereocenters. The fourth-order valence-electron chi connectivity index (χ4n) is 9.14. The molecule has 0 bridgehead atoms. The number of nitrogens with zero attached hydrogens (tertiary/aromatic N) is 3. The zero-order valence-corrected chi connectivity index (χ0v) is 36.8. The van der Waals surface area contributed by atoms with Crippen LogP contribution in [0.4, 0.5) is 28.4 Å². The molecule has 0 fully saturated rings. The topological polar surface area (TPSA) is 167 Å². The van der Waals surface area contributed by atoms with Gasteiger partial charge in [-0.25, -0.2) is 0 Å². The molecule has 14 nitrogen and oxygen atoms in total. The van der Waals surface area contributed by atoms with E-state index in [0.717, 1.165) is 34.4 Å². The minimum atomic E-state index is -4.44. The van der Waals surface area contributed by atoms with Gasteiger partial charge in [0.15, 0.2) is 11.5 Å². The molecule has 3 amide bonds. The number of rotatable bonds is 12. The number of methoxy groups -OCH3 is 1. The van der Waals surface area contributed by atoms with E-state index in [2.05, 4.69) is 16.7 Å². The summed E-state index contributed by atoms with van der Waals surface area (Å²) in [5, 5.41) is 6.75. The highest BCUT2D eigenvalue weighted by molar-refractivity contribution is 7.99. The maximum Gasteiger partial charge on any atom is 0.266 e. The second-order valence-corrected chi connectivity index (χ2v) is 18.7. The summed E-state index contributed by atoms with van der Waals surface area (Å²) in [5.41, 5.74) is 8.48. The molecule has 9 rings (SSSR count). The molecule has 63 heavy (non-hydrogen) atoms. The molecule has 326 valence electrons. The summed E-state index contributed by atoms with van der Waals surface area (Å²) < 4.78 is 53.2. The molecule has 0 radical (unpaired) electrons. The number of amides is 3. The zero-order valence-electron chi connectivity index (χ0n) is 35.2. The molecule has 0 aliphatic carbocycles. The van der Waals surface area contributed by atoms with Crippen molar-refractivity contribution in [3.8, 4) is 17.2 Å². The summed E-state index contributed by atoms with van der Waals surface area (Å²) in [6, 6.07) is 26.7. The van der Waals surface area contributed by atoms with Gasteiger partial charge >= 0.3 is 0 Å². The van der Waals surface area contributed by atoms with Crippen molar-refractivity contribution >= 4 is 68.0 Å². The van der Waals surface area contributed by atoms with Gasteiger partial charge in [-0.2, -0.15) is 20.2 Å². The standard InChI is InChI=1S/C47H47N5O9S2/c1-27-13-34-36(48-22-33-17-30-9-5-7-11-39(30)51(33)46(34)54)20-42(27)60-23-28-14-29(16-32(15-28)50(2)45(53)25-62-4)24-61-44-21-37-35(19-43(44)59-3)47(55)52-40-12-8-6-10-31(40)18-41(52)38(49-37)26-63(56,57)58/h5-16,19-21,33,38,41,48-49H,17-18,22-26H2,1-4H3,(H,56,57,58)/t33-,38?,41-/m0/s1. The van der Waals surface area contributed by atoms with E-state index in [-0.39, 0.29) is 59.8 Å². The third-order valence-electron chi connectivity index (χ3n) is 12.2. The van der Waals surface area contributed by atoms with Crippen LogP contribution in [0.15, 0.2) is 91.0 Å². The van der Waals surface area contributed by atoms with Crippen LogP contribution in [0.5, 0.6) is 17.2 Å². The van der Waals surface area contributed by atoms with E-state index in [9.17, 15) is 27.4 Å². The van der Waals surface area contributed by atoms with E-state index >= 15 is 0 Å². The average Bonchev–Trinajstić information content (AvgIpc) is 3.78. The largest absolute Gasteiger partial charge is 0.493 e. The second-order valence-electron chi connectivity index (χ2n) is 16.3. The quantitative estimate of drug-likeness (QED) is 0.113.